The molecule has 2 fully saturated rings. The average molecular weight is 303 g/mol. The van der Waals surface area contributed by atoms with Crippen LogP contribution in [-0.2, 0) is 9.53 Å². The van der Waals surface area contributed by atoms with Crippen LogP contribution in [-0.4, -0.2) is 85.3 Å². The summed E-state index contributed by atoms with van der Waals surface area (Å²) in [6.45, 7) is 2.10. The van der Waals surface area contributed by atoms with Gasteiger partial charge in [0.25, 0.3) is 6.17 Å². The van der Waals surface area contributed by atoms with Crippen LogP contribution >= 0.6 is 0 Å². The lowest BCUT2D eigenvalue weighted by Gasteiger charge is -2.49. The van der Waals surface area contributed by atoms with E-state index in [0.717, 1.165) is 10.8 Å². The van der Waals surface area contributed by atoms with Gasteiger partial charge < -0.3 is 20.1 Å². The molecule has 1 unspecified atom stereocenters. The first kappa shape index (κ1) is 14.5. The first-order valence-electron chi connectivity index (χ1n) is 6.50. The van der Waals surface area contributed by atoms with Gasteiger partial charge in [0.2, 0.25) is 11.8 Å². The minimum atomic E-state index is -2.05. The predicted octanol–water partition coefficient (Wildman–Crippen LogP) is -2.03. The van der Waals surface area contributed by atoms with Crippen molar-refractivity contribution >= 4 is 18.2 Å². The van der Waals surface area contributed by atoms with Crippen molar-refractivity contribution in [1.29, 1.82) is 0 Å². The van der Waals surface area contributed by atoms with Gasteiger partial charge in [-0.05, 0) is 13.8 Å². The van der Waals surface area contributed by atoms with E-state index >= 15 is 0 Å². The van der Waals surface area contributed by atoms with Crippen LogP contribution in [0.15, 0.2) is 0 Å². The highest BCUT2D eigenvalue weighted by atomic mass is 19.1. The van der Waals surface area contributed by atoms with Crippen LogP contribution in [0.25, 0.3) is 0 Å². The van der Waals surface area contributed by atoms with Gasteiger partial charge in [-0.2, -0.15) is 9.37 Å². The summed E-state index contributed by atoms with van der Waals surface area (Å²) in [5.74, 6) is -1.10. The fraction of sp³-hybridized carbons (Fsp3) is 0.750. The van der Waals surface area contributed by atoms with Crippen molar-refractivity contribution in [3.05, 3.63) is 0 Å². The second kappa shape index (κ2) is 4.07. The van der Waals surface area contributed by atoms with E-state index in [-0.39, 0.29) is 0 Å². The number of hydrogen-bond donors (Lipinski definition) is 3. The third-order valence-electron chi connectivity index (χ3n) is 4.61. The number of urea groups is 1. The Morgan fingerprint density at radius 2 is 2.10 bits per heavy atom. The lowest BCUT2D eigenvalue weighted by molar-refractivity contribution is -0.574. The number of aliphatic hydroxyl groups is 3. The number of amides is 3. The molecule has 2 bridgehead atoms. The van der Waals surface area contributed by atoms with Gasteiger partial charge in [0.15, 0.2) is 5.54 Å². The minimum absolute atomic E-state index is 0.592. The fourth-order valence-electron chi connectivity index (χ4n) is 3.33. The van der Waals surface area contributed by atoms with Crippen molar-refractivity contribution in [2.45, 2.75) is 49.6 Å². The van der Waals surface area contributed by atoms with Gasteiger partial charge in [0.1, 0.15) is 18.4 Å². The van der Waals surface area contributed by atoms with Crippen LogP contribution in [0.2, 0.25) is 0 Å². The molecule has 9 heteroatoms. The number of rotatable bonds is 1. The lowest BCUT2D eigenvalue weighted by atomic mass is 9.73. The zero-order chi connectivity index (χ0) is 15.7. The molecule has 0 radical (unpaired) electrons. The van der Waals surface area contributed by atoms with Crippen molar-refractivity contribution in [3.63, 3.8) is 0 Å². The number of fused-ring (bicyclic) bond motifs is 4. The molecular weight excluding hydrogens is 287 g/mol. The Kier molecular flexibility index (Phi) is 2.81. The molecule has 21 heavy (non-hydrogen) atoms. The Morgan fingerprint density at radius 3 is 2.67 bits per heavy atom. The molecular formula is C12H16FN2O6+. The molecule has 3 N–H and O–H groups in total. The highest BCUT2D eigenvalue weighted by Gasteiger charge is 2.77. The number of halogens is 1. The van der Waals surface area contributed by atoms with E-state index < -0.39 is 54.3 Å². The Labute approximate surface area is 119 Å². The summed E-state index contributed by atoms with van der Waals surface area (Å²) in [6.07, 6.45) is -5.39. The summed E-state index contributed by atoms with van der Waals surface area (Å²) in [5.41, 5.74) is -3.66. The number of carbonyl (C=O) groups is 2. The van der Waals surface area contributed by atoms with Crippen molar-refractivity contribution in [2.24, 2.45) is 0 Å². The fourth-order valence-corrected chi connectivity index (χ4v) is 3.33. The first-order valence-corrected chi connectivity index (χ1v) is 6.50. The van der Waals surface area contributed by atoms with E-state index in [1.165, 1.54) is 13.8 Å². The molecule has 3 rings (SSSR count). The van der Waals surface area contributed by atoms with Crippen molar-refractivity contribution in [3.8, 4) is 0 Å². The van der Waals surface area contributed by atoms with Gasteiger partial charge in [0.05, 0.1) is 6.61 Å². The molecule has 0 spiro atoms. The number of imide groups is 1. The van der Waals surface area contributed by atoms with Gasteiger partial charge >= 0.3 is 11.9 Å². The Balaban J connectivity index is 2.22. The molecule has 0 aromatic rings. The second-order valence-corrected chi connectivity index (χ2v) is 5.95. The largest absolute Gasteiger partial charge is 0.503 e. The third kappa shape index (κ3) is 1.44. The number of alkyl halides is 1. The molecule has 0 aromatic heterocycles. The average Bonchev–Trinajstić information content (AvgIpc) is 2.67. The standard InChI is InChI=1S/C12H16FN2O6/c1-11(2)12(20)7(17)6(4-16)21-9(12)14-3-5(13)8(18)15(11)10(14)19/h3,5-7,9,16-17,20H,4H2,1-2H3/q+1/t5?,6-,7-,9-,12-/m1/s1. The second-order valence-electron chi connectivity index (χ2n) is 5.95. The number of aliphatic hydroxyl groups excluding tert-OH is 2. The first-order chi connectivity index (χ1) is 9.67. The maximum atomic E-state index is 13.8. The molecule has 5 atom stereocenters. The number of carbonyl (C=O) groups excluding carboxylic acids is 2. The maximum Gasteiger partial charge on any atom is 0.503 e. The van der Waals surface area contributed by atoms with Crippen LogP contribution in [0.5, 0.6) is 0 Å². The molecule has 3 heterocycles. The maximum absolute atomic E-state index is 13.8. The normalized spacial score (nSPS) is 44.7. The zero-order valence-corrected chi connectivity index (χ0v) is 11.4. The van der Waals surface area contributed by atoms with Gasteiger partial charge in [-0.25, -0.2) is 9.18 Å². The van der Waals surface area contributed by atoms with Crippen molar-refractivity contribution in [1.82, 2.24) is 4.90 Å². The Hall–Kier alpha value is -1.42. The highest BCUT2D eigenvalue weighted by Crippen LogP contribution is 2.47. The summed E-state index contributed by atoms with van der Waals surface area (Å²) >= 11 is 0. The third-order valence-corrected chi connectivity index (χ3v) is 4.61. The summed E-state index contributed by atoms with van der Waals surface area (Å²) in [7, 11) is 0. The molecule has 8 nitrogen and oxygen atoms in total. The van der Waals surface area contributed by atoms with Gasteiger partial charge in [-0.1, -0.05) is 0 Å². The van der Waals surface area contributed by atoms with Gasteiger partial charge in [0, 0.05) is 0 Å². The molecule has 0 aromatic carbocycles. The number of hydrogen-bond acceptors (Lipinski definition) is 6. The smallest absolute Gasteiger partial charge is 0.394 e. The van der Waals surface area contributed by atoms with E-state index in [2.05, 4.69) is 0 Å². The summed E-state index contributed by atoms with van der Waals surface area (Å²) < 4.78 is 19.9. The predicted molar refractivity (Wildman–Crippen MR) is 64.2 cm³/mol. The van der Waals surface area contributed by atoms with E-state index in [1.807, 2.05) is 0 Å². The van der Waals surface area contributed by atoms with Crippen LogP contribution in [0.1, 0.15) is 13.8 Å². The molecule has 116 valence electrons. The topological polar surface area (TPSA) is 110 Å². The van der Waals surface area contributed by atoms with Crippen LogP contribution in [0, 0.1) is 0 Å². The Morgan fingerprint density at radius 1 is 1.48 bits per heavy atom. The van der Waals surface area contributed by atoms with Gasteiger partial charge in [-0.3, -0.25) is 0 Å². The van der Waals surface area contributed by atoms with E-state index in [9.17, 15) is 29.3 Å². The van der Waals surface area contributed by atoms with Crippen molar-refractivity contribution in [2.75, 3.05) is 6.61 Å². The van der Waals surface area contributed by atoms with E-state index in [0.29, 0.717) is 4.90 Å². The summed E-state index contributed by atoms with van der Waals surface area (Å²) in [6, 6.07) is -0.834. The quantitative estimate of drug-likeness (QED) is 0.482. The number of ether oxygens (including phenoxy) is 1. The summed E-state index contributed by atoms with van der Waals surface area (Å²) in [4.78, 5) is 24.8. The van der Waals surface area contributed by atoms with E-state index in [1.54, 1.807) is 0 Å². The molecule has 3 amide bonds. The van der Waals surface area contributed by atoms with Gasteiger partial charge in [-0.15, -0.1) is 4.90 Å². The lowest BCUT2D eigenvalue weighted by Crippen LogP contribution is -2.80. The van der Waals surface area contributed by atoms with E-state index in [4.69, 9.17) is 4.74 Å². The molecule has 2 saturated heterocycles. The zero-order valence-electron chi connectivity index (χ0n) is 11.4. The molecule has 3 aliphatic rings. The molecule has 0 saturated carbocycles. The number of nitrogens with zero attached hydrogens (tertiary/aromatic N) is 2. The molecule has 0 aliphatic carbocycles. The van der Waals surface area contributed by atoms with Crippen LogP contribution in [0.4, 0.5) is 9.18 Å². The molecule has 3 aliphatic heterocycles. The summed E-state index contributed by atoms with van der Waals surface area (Å²) in [5, 5.41) is 30.4. The van der Waals surface area contributed by atoms with Crippen LogP contribution in [0.3, 0.4) is 0 Å². The Bertz CT molecular complexity index is 564. The van der Waals surface area contributed by atoms with Crippen LogP contribution < -0.4 is 0 Å². The minimum Gasteiger partial charge on any atom is -0.394 e. The monoisotopic (exact) mass is 303 g/mol. The highest BCUT2D eigenvalue weighted by molar-refractivity contribution is 6.07. The van der Waals surface area contributed by atoms with Crippen molar-refractivity contribution < 1.29 is 38.6 Å². The SMILES string of the molecule is CC1(C)N2C(=O)C(F)C=[N+](C2=O)[C@@H]2O[C@H](CO)[C@@H](O)[C@@]21O.